The van der Waals surface area contributed by atoms with Gasteiger partial charge in [0.1, 0.15) is 12.3 Å². The van der Waals surface area contributed by atoms with E-state index in [0.717, 1.165) is 17.7 Å². The van der Waals surface area contributed by atoms with Crippen LogP contribution < -0.4 is 5.56 Å². The van der Waals surface area contributed by atoms with Crippen molar-refractivity contribution in [3.63, 3.8) is 0 Å². The van der Waals surface area contributed by atoms with Crippen LogP contribution >= 0.6 is 0 Å². The summed E-state index contributed by atoms with van der Waals surface area (Å²) in [7, 11) is 1.04. The molecule has 0 amide bonds. The van der Waals surface area contributed by atoms with Crippen molar-refractivity contribution < 1.29 is 37.7 Å². The van der Waals surface area contributed by atoms with Crippen LogP contribution in [0.3, 0.4) is 0 Å². The number of aromatic hydroxyl groups is 1. The molecule has 1 aromatic carbocycles. The van der Waals surface area contributed by atoms with Crippen molar-refractivity contribution >= 4 is 11.9 Å². The highest BCUT2D eigenvalue weighted by Gasteiger charge is 2.28. The fraction of sp³-hybridized carbons (Fsp3) is 0.278. The predicted octanol–water partition coefficient (Wildman–Crippen LogP) is 2.06. The highest BCUT2D eigenvalue weighted by molar-refractivity contribution is 5.71. The second-order valence-electron chi connectivity index (χ2n) is 6.00. The maximum Gasteiger partial charge on any atom is 0.323 e. The van der Waals surface area contributed by atoms with Gasteiger partial charge in [-0.3, -0.25) is 14.4 Å². The highest BCUT2D eigenvalue weighted by atomic mass is 19.2. The number of carbonyl (C=O) groups excluding carboxylic acids is 1. The minimum absolute atomic E-state index is 0.113. The molecule has 1 heterocycles. The molecule has 0 bridgehead atoms. The van der Waals surface area contributed by atoms with Gasteiger partial charge in [-0.2, -0.15) is 0 Å². The zero-order valence-corrected chi connectivity index (χ0v) is 14.8. The molecule has 0 unspecified atom stereocenters. The number of rotatable bonds is 6. The van der Waals surface area contributed by atoms with Gasteiger partial charge in [0.2, 0.25) is 0 Å². The zero-order valence-electron chi connectivity index (χ0n) is 14.8. The Balaban J connectivity index is 2.76. The summed E-state index contributed by atoms with van der Waals surface area (Å²) < 4.78 is 46.0. The number of aryl methyl sites for hydroxylation is 1. The van der Waals surface area contributed by atoms with Gasteiger partial charge >= 0.3 is 11.9 Å². The van der Waals surface area contributed by atoms with Crippen molar-refractivity contribution in [1.29, 1.82) is 0 Å². The monoisotopic (exact) mass is 399 g/mol. The van der Waals surface area contributed by atoms with Crippen LogP contribution in [0.15, 0.2) is 23.0 Å². The van der Waals surface area contributed by atoms with Gasteiger partial charge in [0.25, 0.3) is 5.56 Å². The lowest BCUT2D eigenvalue weighted by molar-refractivity contribution is -0.141. The molecule has 0 fully saturated rings. The molecule has 28 heavy (non-hydrogen) atoms. The van der Waals surface area contributed by atoms with Gasteiger partial charge in [-0.15, -0.1) is 0 Å². The second kappa shape index (κ2) is 8.15. The maximum absolute atomic E-state index is 13.7. The molecule has 10 heteroatoms. The van der Waals surface area contributed by atoms with Crippen LogP contribution in [0.5, 0.6) is 5.75 Å². The van der Waals surface area contributed by atoms with Gasteiger partial charge in [0.05, 0.1) is 19.1 Å². The van der Waals surface area contributed by atoms with E-state index in [4.69, 9.17) is 5.11 Å². The number of benzene rings is 1. The normalized spacial score (nSPS) is 11.9. The lowest BCUT2D eigenvalue weighted by Crippen LogP contribution is -2.31. The average Bonchev–Trinajstić information content (AvgIpc) is 2.61. The van der Waals surface area contributed by atoms with Crippen LogP contribution in [0, 0.1) is 24.4 Å². The van der Waals surface area contributed by atoms with E-state index in [-0.39, 0.29) is 11.3 Å². The third-order valence-electron chi connectivity index (χ3n) is 4.17. The van der Waals surface area contributed by atoms with Crippen LogP contribution in [0.4, 0.5) is 13.2 Å². The molecule has 2 aromatic rings. The first-order valence-corrected chi connectivity index (χ1v) is 7.93. The van der Waals surface area contributed by atoms with Gasteiger partial charge in [-0.25, -0.2) is 13.2 Å². The lowest BCUT2D eigenvalue weighted by Gasteiger charge is -2.20. The van der Waals surface area contributed by atoms with E-state index in [1.54, 1.807) is 0 Å². The maximum atomic E-state index is 13.7. The van der Waals surface area contributed by atoms with Gasteiger partial charge in [0, 0.05) is 11.6 Å². The SMILES string of the molecule is COC(=O)C[C@@H](c1cc(F)c(F)c(F)c1)c1c(O)cc(C)n(CC(=O)O)c1=O. The largest absolute Gasteiger partial charge is 0.507 e. The summed E-state index contributed by atoms with van der Waals surface area (Å²) in [4.78, 5) is 35.6. The van der Waals surface area contributed by atoms with Crippen molar-refractivity contribution in [2.45, 2.75) is 25.8 Å². The first kappa shape index (κ1) is 21.0. The molecule has 0 aliphatic carbocycles. The molecule has 0 spiro atoms. The first-order valence-electron chi connectivity index (χ1n) is 7.93. The first-order chi connectivity index (χ1) is 13.1. The van der Waals surface area contributed by atoms with E-state index >= 15 is 0 Å². The minimum atomic E-state index is -1.74. The fourth-order valence-electron chi connectivity index (χ4n) is 2.84. The molecular weight excluding hydrogens is 383 g/mol. The number of ether oxygens (including phenoxy) is 1. The number of esters is 1. The zero-order chi connectivity index (χ0) is 21.2. The van der Waals surface area contributed by atoms with Crippen LogP contribution in [0.25, 0.3) is 0 Å². The van der Waals surface area contributed by atoms with Gasteiger partial charge in [-0.05, 0) is 30.7 Å². The number of methoxy groups -OCH3 is 1. The van der Waals surface area contributed by atoms with Crippen molar-refractivity contribution in [2.75, 3.05) is 7.11 Å². The van der Waals surface area contributed by atoms with Gasteiger partial charge in [0.15, 0.2) is 17.5 Å². The summed E-state index contributed by atoms with van der Waals surface area (Å²) >= 11 is 0. The van der Waals surface area contributed by atoms with E-state index in [2.05, 4.69) is 4.74 Å². The topological polar surface area (TPSA) is 106 Å². The van der Waals surface area contributed by atoms with E-state index < -0.39 is 65.1 Å². The number of hydrogen-bond donors (Lipinski definition) is 2. The second-order valence-corrected chi connectivity index (χ2v) is 6.00. The number of carboxylic acid groups (broad SMARTS) is 1. The number of aliphatic carboxylic acids is 1. The number of carboxylic acids is 1. The molecule has 1 aromatic heterocycles. The molecule has 0 aliphatic heterocycles. The van der Waals surface area contributed by atoms with Crippen molar-refractivity contribution in [3.05, 3.63) is 62.8 Å². The Kier molecular flexibility index (Phi) is 6.12. The summed E-state index contributed by atoms with van der Waals surface area (Å²) in [6.07, 6.45) is -0.611. The molecule has 0 radical (unpaired) electrons. The molecule has 2 rings (SSSR count). The van der Waals surface area contributed by atoms with Crippen LogP contribution in [0.1, 0.15) is 29.2 Å². The molecule has 150 valence electrons. The summed E-state index contributed by atoms with van der Waals surface area (Å²) in [6.45, 7) is 0.634. The molecule has 7 nitrogen and oxygen atoms in total. The number of nitrogens with zero attached hydrogens (tertiary/aromatic N) is 1. The molecule has 0 aliphatic rings. The summed E-state index contributed by atoms with van der Waals surface area (Å²) in [5, 5.41) is 19.2. The van der Waals surface area contributed by atoms with Crippen LogP contribution in [0.2, 0.25) is 0 Å². The van der Waals surface area contributed by atoms with E-state index in [0.29, 0.717) is 12.1 Å². The molecule has 0 saturated heterocycles. The van der Waals surface area contributed by atoms with Crippen molar-refractivity contribution in [3.8, 4) is 5.75 Å². The molecule has 0 saturated carbocycles. The Hall–Kier alpha value is -3.30. The van der Waals surface area contributed by atoms with E-state index in [1.165, 1.54) is 6.92 Å². The molecule has 2 N–H and O–H groups in total. The number of hydrogen-bond acceptors (Lipinski definition) is 5. The quantitative estimate of drug-likeness (QED) is 0.569. The van der Waals surface area contributed by atoms with Crippen LogP contribution in [-0.2, 0) is 20.9 Å². The third-order valence-corrected chi connectivity index (χ3v) is 4.17. The molecule has 1 atom stereocenters. The Morgan fingerprint density at radius 3 is 2.25 bits per heavy atom. The summed E-state index contributed by atoms with van der Waals surface area (Å²) in [5.74, 6) is -9.08. The summed E-state index contributed by atoms with van der Waals surface area (Å²) in [5.41, 5.74) is -1.64. The standard InChI is InChI=1S/C18H16F3NO6/c1-8-3-13(23)16(18(27)22(8)7-14(24)25)10(6-15(26)28-2)9-4-11(19)17(21)12(20)5-9/h3-5,10,23H,6-7H2,1-2H3,(H,24,25)/t10-/m0/s1. The Bertz CT molecular complexity index is 979. The third kappa shape index (κ3) is 4.16. The number of aromatic nitrogens is 1. The van der Waals surface area contributed by atoms with Crippen LogP contribution in [-0.4, -0.2) is 33.8 Å². The number of pyridine rings is 1. The predicted molar refractivity (Wildman–Crippen MR) is 89.5 cm³/mol. The van der Waals surface area contributed by atoms with Gasteiger partial charge in [-0.1, -0.05) is 0 Å². The van der Waals surface area contributed by atoms with Gasteiger partial charge < -0.3 is 19.5 Å². The smallest absolute Gasteiger partial charge is 0.323 e. The highest BCUT2D eigenvalue weighted by Crippen LogP contribution is 2.33. The Labute approximate surface area is 156 Å². The fourth-order valence-corrected chi connectivity index (χ4v) is 2.84. The minimum Gasteiger partial charge on any atom is -0.507 e. The Morgan fingerprint density at radius 2 is 1.75 bits per heavy atom. The van der Waals surface area contributed by atoms with Crippen molar-refractivity contribution in [1.82, 2.24) is 4.57 Å². The lowest BCUT2D eigenvalue weighted by atomic mass is 9.88. The van der Waals surface area contributed by atoms with E-state index in [9.17, 15) is 32.7 Å². The Morgan fingerprint density at radius 1 is 1.18 bits per heavy atom. The number of carbonyl (C=O) groups is 2. The molecular formula is C18H16F3NO6. The van der Waals surface area contributed by atoms with Crippen molar-refractivity contribution in [2.24, 2.45) is 0 Å². The summed E-state index contributed by atoms with van der Waals surface area (Å²) in [6, 6.07) is 2.26. The average molecular weight is 399 g/mol. The van der Waals surface area contributed by atoms with E-state index in [1.807, 2.05) is 0 Å². The number of halogens is 3.